The Morgan fingerprint density at radius 2 is 1.79 bits per heavy atom. The molecule has 1 aliphatic rings. The Labute approximate surface area is 197 Å². The van der Waals surface area contributed by atoms with Gasteiger partial charge in [0.1, 0.15) is 17.7 Å². The van der Waals surface area contributed by atoms with Crippen molar-refractivity contribution in [2.24, 2.45) is 0 Å². The van der Waals surface area contributed by atoms with E-state index in [1.807, 2.05) is 48.5 Å². The molecular weight excluding hydrogens is 434 g/mol. The first-order chi connectivity index (χ1) is 16.1. The van der Waals surface area contributed by atoms with Crippen LogP contribution < -0.4 is 5.32 Å². The standard InChI is InChI=1S/C26H29N3O5/c1-26(2,3)34-25(33)29-15-17-9-5-4-8-16(17)13-22(29)23(30)28-21(24(31)32)12-18-14-27-20-11-7-6-10-19(18)20/h4-11,14,21-22,27H,12-13,15H2,1-3H3,(H,28,30)(H,31,32). The Bertz CT molecular complexity index is 1230. The number of aromatic amines is 1. The third-order valence-electron chi connectivity index (χ3n) is 5.89. The highest BCUT2D eigenvalue weighted by molar-refractivity contribution is 5.91. The highest BCUT2D eigenvalue weighted by Crippen LogP contribution is 2.26. The first-order valence-electron chi connectivity index (χ1n) is 11.3. The molecule has 2 aromatic carbocycles. The topological polar surface area (TPSA) is 112 Å². The van der Waals surface area contributed by atoms with Crippen molar-refractivity contribution in [2.75, 3.05) is 0 Å². The Hall–Kier alpha value is -3.81. The van der Waals surface area contributed by atoms with E-state index in [4.69, 9.17) is 4.74 Å². The maximum absolute atomic E-state index is 13.4. The second-order valence-electron chi connectivity index (χ2n) is 9.56. The van der Waals surface area contributed by atoms with E-state index in [9.17, 15) is 19.5 Å². The van der Waals surface area contributed by atoms with Crippen molar-refractivity contribution < 1.29 is 24.2 Å². The smallest absolute Gasteiger partial charge is 0.411 e. The lowest BCUT2D eigenvalue weighted by atomic mass is 9.93. The number of benzene rings is 2. The average molecular weight is 464 g/mol. The summed E-state index contributed by atoms with van der Waals surface area (Å²) in [5.74, 6) is -1.66. The van der Waals surface area contributed by atoms with Crippen LogP contribution in [0, 0.1) is 0 Å². The van der Waals surface area contributed by atoms with E-state index in [2.05, 4.69) is 10.3 Å². The van der Waals surface area contributed by atoms with Crippen molar-refractivity contribution in [3.8, 4) is 0 Å². The lowest BCUT2D eigenvalue weighted by Gasteiger charge is -2.37. The van der Waals surface area contributed by atoms with Gasteiger partial charge in [0.15, 0.2) is 0 Å². The molecule has 0 radical (unpaired) electrons. The number of carbonyl (C=O) groups is 3. The van der Waals surface area contributed by atoms with Gasteiger partial charge in [-0.1, -0.05) is 42.5 Å². The van der Waals surface area contributed by atoms with Crippen LogP contribution in [0.4, 0.5) is 4.79 Å². The summed E-state index contributed by atoms with van der Waals surface area (Å²) in [7, 11) is 0. The molecule has 2 atom stereocenters. The number of nitrogens with one attached hydrogen (secondary N) is 2. The van der Waals surface area contributed by atoms with E-state index in [1.54, 1.807) is 27.0 Å². The zero-order valence-corrected chi connectivity index (χ0v) is 19.5. The van der Waals surface area contributed by atoms with Crippen molar-refractivity contribution in [3.05, 3.63) is 71.4 Å². The Morgan fingerprint density at radius 3 is 2.50 bits per heavy atom. The molecular formula is C26H29N3O5. The van der Waals surface area contributed by atoms with E-state index in [-0.39, 0.29) is 19.4 Å². The van der Waals surface area contributed by atoms with Gasteiger partial charge in [-0.05, 0) is 43.5 Å². The SMILES string of the molecule is CC(C)(C)OC(=O)N1Cc2ccccc2CC1C(=O)NC(Cc1c[nH]c2ccccc12)C(=O)O. The van der Waals surface area contributed by atoms with E-state index in [0.29, 0.717) is 0 Å². The number of carbonyl (C=O) groups excluding carboxylic acids is 2. The van der Waals surface area contributed by atoms with Gasteiger partial charge in [0.05, 0.1) is 6.54 Å². The molecule has 0 spiro atoms. The molecule has 2 heterocycles. The number of H-pyrrole nitrogens is 1. The van der Waals surface area contributed by atoms with E-state index in [1.165, 1.54) is 4.90 Å². The maximum Gasteiger partial charge on any atom is 0.411 e. The summed E-state index contributed by atoms with van der Waals surface area (Å²) in [6.07, 6.45) is 1.55. The monoisotopic (exact) mass is 463 g/mol. The van der Waals surface area contributed by atoms with Gasteiger partial charge in [0.2, 0.25) is 5.91 Å². The van der Waals surface area contributed by atoms with E-state index in [0.717, 1.165) is 27.6 Å². The molecule has 2 amide bonds. The van der Waals surface area contributed by atoms with Crippen LogP contribution in [0.25, 0.3) is 10.9 Å². The number of rotatable bonds is 5. The number of nitrogens with zero attached hydrogens (tertiary/aromatic N) is 1. The number of carboxylic acid groups (broad SMARTS) is 1. The number of amides is 2. The minimum Gasteiger partial charge on any atom is -0.480 e. The summed E-state index contributed by atoms with van der Waals surface area (Å²) < 4.78 is 5.55. The number of para-hydroxylation sites is 1. The van der Waals surface area contributed by atoms with Gasteiger partial charge < -0.3 is 20.1 Å². The summed E-state index contributed by atoms with van der Waals surface area (Å²) in [6, 6.07) is 13.2. The highest BCUT2D eigenvalue weighted by Gasteiger charge is 2.38. The molecule has 0 saturated heterocycles. The van der Waals surface area contributed by atoms with Crippen LogP contribution in [0.2, 0.25) is 0 Å². The second-order valence-corrected chi connectivity index (χ2v) is 9.56. The molecule has 3 aromatic rings. The quantitative estimate of drug-likeness (QED) is 0.535. The lowest BCUT2D eigenvalue weighted by Crippen LogP contribution is -2.56. The molecule has 0 fully saturated rings. The molecule has 0 saturated carbocycles. The van der Waals surface area contributed by atoms with Crippen LogP contribution in [0.3, 0.4) is 0 Å². The number of hydrogen-bond donors (Lipinski definition) is 3. The summed E-state index contributed by atoms with van der Waals surface area (Å²) in [4.78, 5) is 42.9. The molecule has 34 heavy (non-hydrogen) atoms. The van der Waals surface area contributed by atoms with Gasteiger partial charge in [-0.25, -0.2) is 9.59 Å². The van der Waals surface area contributed by atoms with Crippen molar-refractivity contribution in [3.63, 3.8) is 0 Å². The first-order valence-corrected chi connectivity index (χ1v) is 11.3. The normalized spacial score (nSPS) is 16.6. The Balaban J connectivity index is 1.57. The fraction of sp³-hybridized carbons (Fsp3) is 0.346. The maximum atomic E-state index is 13.4. The zero-order valence-electron chi connectivity index (χ0n) is 19.5. The summed E-state index contributed by atoms with van der Waals surface area (Å²) in [5.41, 5.74) is 2.85. The predicted octanol–water partition coefficient (Wildman–Crippen LogP) is 3.64. The molecule has 0 aliphatic carbocycles. The molecule has 0 bridgehead atoms. The second kappa shape index (κ2) is 9.21. The lowest BCUT2D eigenvalue weighted by molar-refractivity contribution is -0.142. The van der Waals surface area contributed by atoms with Crippen LogP contribution >= 0.6 is 0 Å². The molecule has 8 nitrogen and oxygen atoms in total. The predicted molar refractivity (Wildman–Crippen MR) is 127 cm³/mol. The number of carboxylic acids is 1. The minimum absolute atomic E-state index is 0.112. The minimum atomic E-state index is -1.15. The van der Waals surface area contributed by atoms with Gasteiger partial charge in [0, 0.05) is 29.9 Å². The Kier molecular flexibility index (Phi) is 6.32. The largest absolute Gasteiger partial charge is 0.480 e. The van der Waals surface area contributed by atoms with E-state index >= 15 is 0 Å². The van der Waals surface area contributed by atoms with Crippen LogP contribution in [-0.4, -0.2) is 50.6 Å². The van der Waals surface area contributed by atoms with Gasteiger partial charge in [-0.3, -0.25) is 9.69 Å². The molecule has 8 heteroatoms. The molecule has 1 aromatic heterocycles. The molecule has 4 rings (SSSR count). The molecule has 178 valence electrons. The van der Waals surface area contributed by atoms with E-state index < -0.39 is 35.7 Å². The number of aliphatic carboxylic acids is 1. The zero-order chi connectivity index (χ0) is 24.5. The average Bonchev–Trinajstić information content (AvgIpc) is 3.19. The van der Waals surface area contributed by atoms with Crippen molar-refractivity contribution in [1.82, 2.24) is 15.2 Å². The summed E-state index contributed by atoms with van der Waals surface area (Å²) in [6.45, 7) is 5.50. The third kappa shape index (κ3) is 5.06. The van der Waals surface area contributed by atoms with Crippen LogP contribution in [0.1, 0.15) is 37.5 Å². The van der Waals surface area contributed by atoms with Gasteiger partial charge in [-0.15, -0.1) is 0 Å². The van der Waals surface area contributed by atoms with Gasteiger partial charge in [0.25, 0.3) is 0 Å². The first kappa shape index (κ1) is 23.4. The fourth-order valence-electron chi connectivity index (χ4n) is 4.26. The van der Waals surface area contributed by atoms with Crippen molar-refractivity contribution in [2.45, 2.75) is 57.8 Å². The van der Waals surface area contributed by atoms with Crippen molar-refractivity contribution in [1.29, 1.82) is 0 Å². The van der Waals surface area contributed by atoms with Crippen LogP contribution in [0.5, 0.6) is 0 Å². The number of ether oxygens (including phenoxy) is 1. The van der Waals surface area contributed by atoms with Crippen molar-refractivity contribution >= 4 is 28.9 Å². The highest BCUT2D eigenvalue weighted by atomic mass is 16.6. The summed E-state index contributed by atoms with van der Waals surface area (Å²) >= 11 is 0. The number of aromatic nitrogens is 1. The van der Waals surface area contributed by atoms with Gasteiger partial charge in [-0.2, -0.15) is 0 Å². The van der Waals surface area contributed by atoms with Gasteiger partial charge >= 0.3 is 12.1 Å². The third-order valence-corrected chi connectivity index (χ3v) is 5.89. The van der Waals surface area contributed by atoms with Crippen LogP contribution in [0.15, 0.2) is 54.7 Å². The molecule has 3 N–H and O–H groups in total. The number of fused-ring (bicyclic) bond motifs is 2. The Morgan fingerprint density at radius 1 is 1.12 bits per heavy atom. The molecule has 1 aliphatic heterocycles. The molecule has 2 unspecified atom stereocenters. The van der Waals surface area contributed by atoms with Crippen LogP contribution in [-0.2, 0) is 33.7 Å². The number of hydrogen-bond acceptors (Lipinski definition) is 4. The fourth-order valence-corrected chi connectivity index (χ4v) is 4.26. The summed E-state index contributed by atoms with van der Waals surface area (Å²) in [5, 5.41) is 13.4.